The standard InChI is InChI=1S/C10H11NO4.C8H9NO2/c1-15-10(14)11-8(9(12)13)7-5-3-2-4-6-7;9-7(8(10)11)6-4-2-1-3-5-6/h2-6,8H,1H3,(H,11,14)(H,12,13);1-5,7H,9H2,(H,10,11)/t8-;7-/m00/s1. The molecule has 0 unspecified atom stereocenters. The number of ether oxygens (including phenoxy) is 1. The third-order valence-electron chi connectivity index (χ3n) is 3.25. The Labute approximate surface area is 150 Å². The summed E-state index contributed by atoms with van der Waals surface area (Å²) in [6.45, 7) is 0. The van der Waals surface area contributed by atoms with Crippen molar-refractivity contribution in [1.82, 2.24) is 5.32 Å². The van der Waals surface area contributed by atoms with Gasteiger partial charge < -0.3 is 26.0 Å². The average molecular weight is 360 g/mol. The van der Waals surface area contributed by atoms with E-state index in [9.17, 15) is 14.4 Å². The molecule has 0 aliphatic carbocycles. The normalized spacial score (nSPS) is 11.9. The fourth-order valence-corrected chi connectivity index (χ4v) is 1.91. The Morgan fingerprint density at radius 2 is 1.35 bits per heavy atom. The first-order valence-corrected chi connectivity index (χ1v) is 7.52. The SMILES string of the molecule is COC(=O)N[C@H](C(=O)O)c1ccccc1.N[C@H](C(=O)O)c1ccccc1. The van der Waals surface area contributed by atoms with Gasteiger partial charge in [-0.3, -0.25) is 4.79 Å². The largest absolute Gasteiger partial charge is 0.480 e. The van der Waals surface area contributed by atoms with E-state index in [1.165, 1.54) is 7.11 Å². The monoisotopic (exact) mass is 360 g/mol. The second kappa shape index (κ2) is 10.5. The number of carboxylic acids is 2. The Morgan fingerprint density at radius 1 is 0.885 bits per heavy atom. The third kappa shape index (κ3) is 6.62. The molecule has 8 nitrogen and oxygen atoms in total. The van der Waals surface area contributed by atoms with Gasteiger partial charge in [0.2, 0.25) is 0 Å². The molecule has 0 bridgehead atoms. The molecule has 0 saturated heterocycles. The average Bonchev–Trinajstić information content (AvgIpc) is 2.66. The summed E-state index contributed by atoms with van der Waals surface area (Å²) in [5, 5.41) is 19.6. The van der Waals surface area contributed by atoms with Gasteiger partial charge in [0.05, 0.1) is 7.11 Å². The minimum absolute atomic E-state index is 0.496. The second-order valence-corrected chi connectivity index (χ2v) is 5.04. The zero-order chi connectivity index (χ0) is 19.5. The molecule has 0 radical (unpaired) electrons. The van der Waals surface area contributed by atoms with Crippen molar-refractivity contribution in [3.05, 3.63) is 71.8 Å². The minimum atomic E-state index is -1.13. The van der Waals surface area contributed by atoms with E-state index in [0.717, 1.165) is 0 Å². The molecule has 2 atom stereocenters. The number of methoxy groups -OCH3 is 1. The third-order valence-corrected chi connectivity index (χ3v) is 3.25. The maximum absolute atomic E-state index is 10.9. The Balaban J connectivity index is 0.000000273. The van der Waals surface area contributed by atoms with Crippen LogP contribution >= 0.6 is 0 Å². The molecule has 2 aromatic rings. The van der Waals surface area contributed by atoms with Crippen molar-refractivity contribution >= 4 is 18.0 Å². The molecule has 2 rings (SSSR count). The van der Waals surface area contributed by atoms with Crippen LogP contribution in [0.4, 0.5) is 4.79 Å². The number of hydrogen-bond donors (Lipinski definition) is 4. The smallest absolute Gasteiger partial charge is 0.407 e. The van der Waals surface area contributed by atoms with Crippen LogP contribution in [0, 0.1) is 0 Å². The molecule has 1 amide bonds. The maximum Gasteiger partial charge on any atom is 0.407 e. The van der Waals surface area contributed by atoms with Gasteiger partial charge in [-0.05, 0) is 11.1 Å². The molecular formula is C18H20N2O6. The van der Waals surface area contributed by atoms with Crippen molar-refractivity contribution in [3.63, 3.8) is 0 Å². The fraction of sp³-hybridized carbons (Fsp3) is 0.167. The van der Waals surface area contributed by atoms with Crippen LogP contribution in [-0.2, 0) is 14.3 Å². The van der Waals surface area contributed by atoms with Crippen molar-refractivity contribution in [1.29, 1.82) is 0 Å². The molecule has 138 valence electrons. The number of nitrogens with two attached hydrogens (primary N) is 1. The lowest BCUT2D eigenvalue weighted by Crippen LogP contribution is -2.33. The Kier molecular flexibility index (Phi) is 8.32. The van der Waals surface area contributed by atoms with Gasteiger partial charge in [0, 0.05) is 0 Å². The Hall–Kier alpha value is -3.39. The molecule has 2 aromatic carbocycles. The Morgan fingerprint density at radius 3 is 1.73 bits per heavy atom. The Bertz CT molecular complexity index is 721. The summed E-state index contributed by atoms with van der Waals surface area (Å²) in [6, 6.07) is 15.1. The molecule has 26 heavy (non-hydrogen) atoms. The van der Waals surface area contributed by atoms with Gasteiger partial charge in [0.1, 0.15) is 6.04 Å². The van der Waals surface area contributed by atoms with Crippen LogP contribution in [-0.4, -0.2) is 35.4 Å². The lowest BCUT2D eigenvalue weighted by atomic mass is 10.1. The first-order chi connectivity index (χ1) is 12.4. The van der Waals surface area contributed by atoms with Crippen LogP contribution in [0.2, 0.25) is 0 Å². The molecule has 8 heteroatoms. The summed E-state index contributed by atoms with van der Waals surface area (Å²) >= 11 is 0. The molecule has 0 aliphatic rings. The van der Waals surface area contributed by atoms with E-state index in [-0.39, 0.29) is 0 Å². The maximum atomic E-state index is 10.9. The van der Waals surface area contributed by atoms with Crippen LogP contribution in [0.1, 0.15) is 23.2 Å². The number of aliphatic carboxylic acids is 2. The number of rotatable bonds is 5. The number of hydrogen-bond acceptors (Lipinski definition) is 5. The molecule has 0 spiro atoms. The highest BCUT2D eigenvalue weighted by Gasteiger charge is 2.21. The molecule has 0 fully saturated rings. The highest BCUT2D eigenvalue weighted by Crippen LogP contribution is 2.12. The number of nitrogens with one attached hydrogen (secondary N) is 1. The predicted molar refractivity (Wildman–Crippen MR) is 93.4 cm³/mol. The molecule has 0 heterocycles. The van der Waals surface area contributed by atoms with E-state index in [1.54, 1.807) is 54.6 Å². The zero-order valence-electron chi connectivity index (χ0n) is 14.0. The summed E-state index contributed by atoms with van der Waals surface area (Å²) in [5.74, 6) is -2.14. The number of carbonyl (C=O) groups is 3. The van der Waals surface area contributed by atoms with Crippen molar-refractivity contribution in [2.45, 2.75) is 12.1 Å². The second-order valence-electron chi connectivity index (χ2n) is 5.04. The number of benzene rings is 2. The first kappa shape index (κ1) is 20.7. The van der Waals surface area contributed by atoms with Crippen molar-refractivity contribution in [2.24, 2.45) is 5.73 Å². The number of alkyl carbamates (subject to hydrolysis) is 1. The number of carboxylic acid groups (broad SMARTS) is 2. The highest BCUT2D eigenvalue weighted by atomic mass is 16.5. The van der Waals surface area contributed by atoms with Gasteiger partial charge >= 0.3 is 18.0 Å². The van der Waals surface area contributed by atoms with Crippen molar-refractivity contribution in [3.8, 4) is 0 Å². The molecule has 0 aromatic heterocycles. The summed E-state index contributed by atoms with van der Waals surface area (Å²) in [6.07, 6.45) is -0.772. The quantitative estimate of drug-likeness (QED) is 0.639. The highest BCUT2D eigenvalue weighted by molar-refractivity contribution is 5.81. The molecule has 0 aliphatic heterocycles. The topological polar surface area (TPSA) is 139 Å². The first-order valence-electron chi connectivity index (χ1n) is 7.52. The van der Waals surface area contributed by atoms with Crippen molar-refractivity contribution < 1.29 is 29.3 Å². The zero-order valence-corrected chi connectivity index (χ0v) is 14.0. The van der Waals surface area contributed by atoms with Gasteiger partial charge in [-0.2, -0.15) is 0 Å². The van der Waals surface area contributed by atoms with Crippen LogP contribution in [0.25, 0.3) is 0 Å². The minimum Gasteiger partial charge on any atom is -0.480 e. The predicted octanol–water partition coefficient (Wildman–Crippen LogP) is 1.94. The van der Waals surface area contributed by atoms with Crippen LogP contribution in [0.15, 0.2) is 60.7 Å². The van der Waals surface area contributed by atoms with E-state index in [4.69, 9.17) is 15.9 Å². The van der Waals surface area contributed by atoms with E-state index < -0.39 is 30.1 Å². The lowest BCUT2D eigenvalue weighted by Gasteiger charge is -2.13. The molecular weight excluding hydrogens is 340 g/mol. The summed E-state index contributed by atoms with van der Waals surface area (Å²) in [7, 11) is 1.18. The van der Waals surface area contributed by atoms with Gasteiger partial charge in [-0.1, -0.05) is 60.7 Å². The van der Waals surface area contributed by atoms with Gasteiger partial charge in [0.25, 0.3) is 0 Å². The molecule has 0 saturated carbocycles. The summed E-state index contributed by atoms with van der Waals surface area (Å²) < 4.78 is 4.34. The van der Waals surface area contributed by atoms with E-state index in [2.05, 4.69) is 10.1 Å². The van der Waals surface area contributed by atoms with Gasteiger partial charge in [-0.25, -0.2) is 9.59 Å². The van der Waals surface area contributed by atoms with E-state index >= 15 is 0 Å². The van der Waals surface area contributed by atoms with Gasteiger partial charge in [-0.15, -0.1) is 0 Å². The van der Waals surface area contributed by atoms with Crippen molar-refractivity contribution in [2.75, 3.05) is 7.11 Å². The number of carbonyl (C=O) groups excluding carboxylic acids is 1. The van der Waals surface area contributed by atoms with Crippen LogP contribution < -0.4 is 11.1 Å². The summed E-state index contributed by atoms with van der Waals surface area (Å²) in [5.41, 5.74) is 6.46. The summed E-state index contributed by atoms with van der Waals surface area (Å²) in [4.78, 5) is 32.2. The van der Waals surface area contributed by atoms with Crippen LogP contribution in [0.3, 0.4) is 0 Å². The van der Waals surface area contributed by atoms with E-state index in [1.807, 2.05) is 6.07 Å². The van der Waals surface area contributed by atoms with Crippen LogP contribution in [0.5, 0.6) is 0 Å². The number of amides is 1. The van der Waals surface area contributed by atoms with E-state index in [0.29, 0.717) is 11.1 Å². The fourth-order valence-electron chi connectivity index (χ4n) is 1.91. The van der Waals surface area contributed by atoms with Gasteiger partial charge in [0.15, 0.2) is 6.04 Å². The molecule has 5 N–H and O–H groups in total. The lowest BCUT2D eigenvalue weighted by molar-refractivity contribution is -0.140.